The zero-order chi connectivity index (χ0) is 30.2. The quantitative estimate of drug-likeness (QED) is 0.279. The van der Waals surface area contributed by atoms with Gasteiger partial charge >= 0.3 is 0 Å². The average molecular weight is 621 g/mol. The third-order valence-corrected chi connectivity index (χ3v) is 8.53. The van der Waals surface area contributed by atoms with E-state index >= 15 is 0 Å². The van der Waals surface area contributed by atoms with Crippen LogP contribution in [0.2, 0.25) is 10.0 Å². The number of rotatable bonds is 13. The number of nitrogens with zero attached hydrogens (tertiary/aromatic N) is 2. The third kappa shape index (κ3) is 9.11. The second-order valence-electron chi connectivity index (χ2n) is 9.76. The minimum absolute atomic E-state index is 0.00135. The molecule has 3 aromatic carbocycles. The highest BCUT2D eigenvalue weighted by molar-refractivity contribution is 7.92. The molecule has 41 heavy (non-hydrogen) atoms. The number of halogens is 2. The summed E-state index contributed by atoms with van der Waals surface area (Å²) in [5, 5.41) is 3.65. The molecule has 1 N–H and O–H groups in total. The molecule has 0 spiro atoms. The van der Waals surface area contributed by atoms with Crippen molar-refractivity contribution in [1.82, 2.24) is 10.2 Å². The number of nitrogens with one attached hydrogen (secondary N) is 1. The molecule has 0 unspecified atom stereocenters. The van der Waals surface area contributed by atoms with Gasteiger partial charge in [0.2, 0.25) is 21.8 Å². The molecule has 3 aromatic rings. The molecule has 8 nitrogen and oxygen atoms in total. The molecule has 0 saturated heterocycles. The van der Waals surface area contributed by atoms with Gasteiger partial charge in [0, 0.05) is 19.0 Å². The summed E-state index contributed by atoms with van der Waals surface area (Å²) in [5.41, 5.74) is 1.77. The number of benzene rings is 3. The fourth-order valence-corrected chi connectivity index (χ4v) is 5.36. The van der Waals surface area contributed by atoms with Crippen molar-refractivity contribution in [3.05, 3.63) is 94.0 Å². The summed E-state index contributed by atoms with van der Waals surface area (Å²) in [7, 11) is -2.37. The lowest BCUT2D eigenvalue weighted by Crippen LogP contribution is -2.54. The zero-order valence-electron chi connectivity index (χ0n) is 23.5. The molecular formula is C30H35Cl2N3O5S. The van der Waals surface area contributed by atoms with Crippen LogP contribution in [0.5, 0.6) is 5.75 Å². The summed E-state index contributed by atoms with van der Waals surface area (Å²) >= 11 is 12.4. The van der Waals surface area contributed by atoms with Crippen LogP contribution in [0.15, 0.2) is 72.8 Å². The van der Waals surface area contributed by atoms with Crippen LogP contribution < -0.4 is 14.4 Å². The normalized spacial score (nSPS) is 12.7. The maximum atomic E-state index is 14.1. The number of sulfonamides is 1. The summed E-state index contributed by atoms with van der Waals surface area (Å²) in [6, 6.07) is 19.6. The summed E-state index contributed by atoms with van der Waals surface area (Å²) in [5.74, 6) is -0.357. The van der Waals surface area contributed by atoms with E-state index in [2.05, 4.69) is 5.32 Å². The van der Waals surface area contributed by atoms with Gasteiger partial charge in [-0.15, -0.1) is 0 Å². The molecule has 3 rings (SSSR count). The fraction of sp³-hybridized carbons (Fsp3) is 0.333. The summed E-state index contributed by atoms with van der Waals surface area (Å²) in [6.45, 7) is 3.32. The van der Waals surface area contributed by atoms with Crippen LogP contribution in [0, 0.1) is 0 Å². The Kier molecular flexibility index (Phi) is 11.5. The number of anilines is 1. The Hall–Kier alpha value is -3.27. The Morgan fingerprint density at radius 1 is 0.951 bits per heavy atom. The van der Waals surface area contributed by atoms with Crippen molar-refractivity contribution in [3.63, 3.8) is 0 Å². The molecule has 0 radical (unpaired) electrons. The second kappa shape index (κ2) is 14.6. The van der Waals surface area contributed by atoms with Gasteiger partial charge in [-0.2, -0.15) is 0 Å². The minimum Gasteiger partial charge on any atom is -0.497 e. The molecule has 0 fully saturated rings. The van der Waals surface area contributed by atoms with E-state index in [4.69, 9.17) is 27.9 Å². The Bertz CT molecular complexity index is 1440. The van der Waals surface area contributed by atoms with E-state index in [1.165, 1.54) is 12.0 Å². The first-order valence-corrected chi connectivity index (χ1v) is 15.7. The molecule has 11 heteroatoms. The van der Waals surface area contributed by atoms with Gasteiger partial charge in [-0.3, -0.25) is 13.9 Å². The van der Waals surface area contributed by atoms with Crippen molar-refractivity contribution in [3.8, 4) is 5.75 Å². The molecule has 0 aromatic heterocycles. The number of hydrogen-bond donors (Lipinski definition) is 1. The largest absolute Gasteiger partial charge is 0.497 e. The van der Waals surface area contributed by atoms with Crippen molar-refractivity contribution in [2.75, 3.05) is 24.2 Å². The SMILES string of the molecule is CC[C@@H](C)NC(=O)[C@@H](Cc1ccccc1)N(Cc1ccc(Cl)c(Cl)c1)C(=O)CN(c1ccc(OC)cc1)S(C)(=O)=O. The first-order chi connectivity index (χ1) is 19.4. The molecule has 0 aliphatic rings. The van der Waals surface area contributed by atoms with Gasteiger partial charge < -0.3 is 15.0 Å². The molecule has 0 bridgehead atoms. The van der Waals surface area contributed by atoms with Gasteiger partial charge in [-0.1, -0.05) is 66.5 Å². The first kappa shape index (κ1) is 32.2. The van der Waals surface area contributed by atoms with E-state index in [9.17, 15) is 18.0 Å². The van der Waals surface area contributed by atoms with Crippen molar-refractivity contribution >= 4 is 50.7 Å². The smallest absolute Gasteiger partial charge is 0.244 e. The van der Waals surface area contributed by atoms with Crippen LogP contribution in [0.1, 0.15) is 31.4 Å². The number of amides is 2. The Labute approximate surface area is 252 Å². The van der Waals surface area contributed by atoms with Crippen molar-refractivity contribution in [2.24, 2.45) is 0 Å². The van der Waals surface area contributed by atoms with Crippen LogP contribution in [-0.4, -0.2) is 57.1 Å². The molecular weight excluding hydrogens is 585 g/mol. The molecule has 0 aliphatic carbocycles. The van der Waals surface area contributed by atoms with E-state index in [1.807, 2.05) is 44.2 Å². The van der Waals surface area contributed by atoms with E-state index in [-0.39, 0.29) is 24.9 Å². The molecule has 0 aliphatic heterocycles. The first-order valence-electron chi connectivity index (χ1n) is 13.1. The van der Waals surface area contributed by atoms with Gasteiger partial charge in [0.25, 0.3) is 0 Å². The Balaban J connectivity index is 2.07. The number of ether oxygens (including phenoxy) is 1. The predicted octanol–water partition coefficient (Wildman–Crippen LogP) is 5.32. The van der Waals surface area contributed by atoms with Gasteiger partial charge in [-0.05, 0) is 60.9 Å². The topological polar surface area (TPSA) is 96.0 Å². The highest BCUT2D eigenvalue weighted by atomic mass is 35.5. The maximum Gasteiger partial charge on any atom is 0.244 e. The van der Waals surface area contributed by atoms with Crippen molar-refractivity contribution < 1.29 is 22.7 Å². The van der Waals surface area contributed by atoms with Gasteiger partial charge in [0.15, 0.2) is 0 Å². The minimum atomic E-state index is -3.87. The number of carbonyl (C=O) groups excluding carboxylic acids is 2. The van der Waals surface area contributed by atoms with Gasteiger partial charge in [0.05, 0.1) is 29.1 Å². The highest BCUT2D eigenvalue weighted by Gasteiger charge is 2.33. The molecule has 0 heterocycles. The van der Waals surface area contributed by atoms with E-state index < -0.39 is 28.5 Å². The van der Waals surface area contributed by atoms with Crippen LogP contribution in [0.25, 0.3) is 0 Å². The van der Waals surface area contributed by atoms with Crippen molar-refractivity contribution in [1.29, 1.82) is 0 Å². The molecule has 220 valence electrons. The van der Waals surface area contributed by atoms with Crippen LogP contribution in [0.4, 0.5) is 5.69 Å². The van der Waals surface area contributed by atoms with Gasteiger partial charge in [-0.25, -0.2) is 8.42 Å². The second-order valence-corrected chi connectivity index (χ2v) is 12.5. The van der Waals surface area contributed by atoms with Crippen LogP contribution in [-0.2, 0) is 32.6 Å². The zero-order valence-corrected chi connectivity index (χ0v) is 25.8. The summed E-state index contributed by atoms with van der Waals surface area (Å²) in [4.78, 5) is 29.2. The van der Waals surface area contributed by atoms with E-state index in [0.717, 1.165) is 16.1 Å². The molecule has 0 saturated carbocycles. The van der Waals surface area contributed by atoms with Crippen LogP contribution >= 0.6 is 23.2 Å². The lowest BCUT2D eigenvalue weighted by atomic mass is 10.0. The van der Waals surface area contributed by atoms with E-state index in [1.54, 1.807) is 42.5 Å². The molecule has 2 amide bonds. The standard InChI is InChI=1S/C30H35Cl2N3O5S/c1-5-21(2)33-30(37)28(18-22-9-7-6-8-10-22)34(19-23-11-16-26(31)27(32)17-23)29(36)20-35(41(4,38)39)24-12-14-25(40-3)15-13-24/h6-17,21,28H,5,18-20H2,1-4H3,(H,33,37)/t21-,28-/m1/s1. The lowest BCUT2D eigenvalue weighted by Gasteiger charge is -2.34. The average Bonchev–Trinajstić information content (AvgIpc) is 2.95. The molecule has 2 atom stereocenters. The predicted molar refractivity (Wildman–Crippen MR) is 164 cm³/mol. The van der Waals surface area contributed by atoms with E-state index in [0.29, 0.717) is 33.5 Å². The maximum absolute atomic E-state index is 14.1. The fourth-order valence-electron chi connectivity index (χ4n) is 4.19. The lowest BCUT2D eigenvalue weighted by molar-refractivity contribution is -0.140. The van der Waals surface area contributed by atoms with Crippen molar-refractivity contribution in [2.45, 2.75) is 45.3 Å². The third-order valence-electron chi connectivity index (χ3n) is 6.65. The highest BCUT2D eigenvalue weighted by Crippen LogP contribution is 2.26. The summed E-state index contributed by atoms with van der Waals surface area (Å²) in [6.07, 6.45) is 1.95. The Morgan fingerprint density at radius 3 is 2.17 bits per heavy atom. The van der Waals surface area contributed by atoms with Gasteiger partial charge in [0.1, 0.15) is 18.3 Å². The Morgan fingerprint density at radius 2 is 1.61 bits per heavy atom. The summed E-state index contributed by atoms with van der Waals surface area (Å²) < 4.78 is 32.0. The number of hydrogen-bond acceptors (Lipinski definition) is 5. The number of methoxy groups -OCH3 is 1. The number of carbonyl (C=O) groups is 2. The monoisotopic (exact) mass is 619 g/mol. The van der Waals surface area contributed by atoms with Crippen LogP contribution in [0.3, 0.4) is 0 Å².